The van der Waals surface area contributed by atoms with Gasteiger partial charge in [0.05, 0.1) is 5.56 Å². The van der Waals surface area contributed by atoms with Gasteiger partial charge in [0.15, 0.2) is 5.82 Å². The van der Waals surface area contributed by atoms with Crippen molar-refractivity contribution in [1.29, 1.82) is 0 Å². The van der Waals surface area contributed by atoms with Gasteiger partial charge in [-0.1, -0.05) is 23.1 Å². The number of urea groups is 1. The lowest BCUT2D eigenvalue weighted by atomic mass is 10.2. The number of amides is 2. The van der Waals surface area contributed by atoms with Crippen LogP contribution < -0.4 is 16.0 Å². The highest BCUT2D eigenvalue weighted by atomic mass is 16.5. The van der Waals surface area contributed by atoms with Crippen LogP contribution in [0.1, 0.15) is 16.9 Å². The van der Waals surface area contributed by atoms with E-state index >= 15 is 0 Å². The molecule has 0 saturated carbocycles. The summed E-state index contributed by atoms with van der Waals surface area (Å²) in [7, 11) is 1.66. The summed E-state index contributed by atoms with van der Waals surface area (Å²) in [6.07, 6.45) is 3.11. The van der Waals surface area contributed by atoms with Crippen LogP contribution in [0.2, 0.25) is 0 Å². The molecule has 0 bridgehead atoms. The number of aromatic nitrogens is 3. The fourth-order valence-corrected chi connectivity index (χ4v) is 2.08. The second-order valence-electron chi connectivity index (χ2n) is 5.44. The Kier molecular flexibility index (Phi) is 4.80. The minimum atomic E-state index is -0.338. The first kappa shape index (κ1) is 17.0. The number of aryl methyl sites for hydroxylation is 1. The topological polar surface area (TPSA) is 110 Å². The first-order valence-corrected chi connectivity index (χ1v) is 7.69. The highest BCUT2D eigenvalue weighted by Gasteiger charge is 2.13. The van der Waals surface area contributed by atoms with E-state index in [1.165, 1.54) is 4.90 Å². The zero-order valence-corrected chi connectivity index (χ0v) is 14.2. The summed E-state index contributed by atoms with van der Waals surface area (Å²) in [4.78, 5) is 21.6. The van der Waals surface area contributed by atoms with E-state index in [0.717, 1.165) is 5.56 Å². The standard InChI is InChI=1S/C18H16N6O2/c1-12-8-16(23-26-12)22-18(25)24(2)15-5-3-4-13(9-15)6-7-14-10-20-17(19)21-11-14/h3-5,8-11H,1-2H3,(H2,19,20,21)(H,22,23,25). The minimum absolute atomic E-state index is 0.201. The Balaban J connectivity index is 1.74. The first-order chi connectivity index (χ1) is 12.5. The van der Waals surface area contributed by atoms with E-state index in [2.05, 4.69) is 32.3 Å². The van der Waals surface area contributed by atoms with Crippen molar-refractivity contribution in [3.8, 4) is 11.8 Å². The second kappa shape index (κ2) is 7.36. The lowest BCUT2D eigenvalue weighted by molar-refractivity contribution is 0.257. The van der Waals surface area contributed by atoms with E-state index in [-0.39, 0.29) is 12.0 Å². The molecule has 0 aliphatic rings. The Hall–Kier alpha value is -3.86. The van der Waals surface area contributed by atoms with Gasteiger partial charge < -0.3 is 10.3 Å². The number of nitrogens with two attached hydrogens (primary N) is 1. The molecule has 0 unspecified atom stereocenters. The Morgan fingerprint density at radius 2 is 1.92 bits per heavy atom. The molecule has 0 aliphatic carbocycles. The molecule has 8 nitrogen and oxygen atoms in total. The predicted molar refractivity (Wildman–Crippen MR) is 97.5 cm³/mol. The Bertz CT molecular complexity index is 985. The van der Waals surface area contributed by atoms with Gasteiger partial charge >= 0.3 is 6.03 Å². The van der Waals surface area contributed by atoms with Crippen LogP contribution in [-0.4, -0.2) is 28.2 Å². The van der Waals surface area contributed by atoms with Crippen molar-refractivity contribution >= 4 is 23.5 Å². The van der Waals surface area contributed by atoms with Gasteiger partial charge in [0.25, 0.3) is 0 Å². The summed E-state index contributed by atoms with van der Waals surface area (Å²) in [6, 6.07) is 8.59. The molecule has 8 heteroatoms. The fourth-order valence-electron chi connectivity index (χ4n) is 2.08. The van der Waals surface area contributed by atoms with E-state index < -0.39 is 0 Å². The van der Waals surface area contributed by atoms with Crippen molar-refractivity contribution < 1.29 is 9.32 Å². The zero-order valence-electron chi connectivity index (χ0n) is 14.2. The van der Waals surface area contributed by atoms with Crippen LogP contribution >= 0.6 is 0 Å². The number of carbonyl (C=O) groups excluding carboxylic acids is 1. The summed E-state index contributed by atoms with van der Waals surface area (Å²) < 4.78 is 4.93. The molecular formula is C18H16N6O2. The smallest absolute Gasteiger partial charge is 0.327 e. The van der Waals surface area contributed by atoms with Crippen LogP contribution in [0, 0.1) is 18.8 Å². The molecule has 3 rings (SSSR count). The molecule has 0 spiro atoms. The largest absolute Gasteiger partial charge is 0.368 e. The molecule has 3 aromatic rings. The first-order valence-electron chi connectivity index (χ1n) is 7.69. The molecule has 130 valence electrons. The monoisotopic (exact) mass is 348 g/mol. The Labute approximate surface area is 150 Å². The van der Waals surface area contributed by atoms with Crippen molar-refractivity contribution in [2.24, 2.45) is 0 Å². The van der Waals surface area contributed by atoms with Gasteiger partial charge in [0.2, 0.25) is 5.95 Å². The third-order valence-electron chi connectivity index (χ3n) is 3.42. The van der Waals surface area contributed by atoms with Crippen LogP contribution in [-0.2, 0) is 0 Å². The normalized spacial score (nSPS) is 9.92. The van der Waals surface area contributed by atoms with E-state index in [9.17, 15) is 4.79 Å². The quantitative estimate of drug-likeness (QED) is 0.688. The number of carbonyl (C=O) groups is 1. The molecule has 0 radical (unpaired) electrons. The molecule has 0 atom stereocenters. The maximum absolute atomic E-state index is 12.3. The average Bonchev–Trinajstić information content (AvgIpc) is 3.05. The highest BCUT2D eigenvalue weighted by Crippen LogP contribution is 2.16. The van der Waals surface area contributed by atoms with E-state index in [4.69, 9.17) is 10.3 Å². The zero-order chi connectivity index (χ0) is 18.5. The van der Waals surface area contributed by atoms with Gasteiger partial charge in [-0.2, -0.15) is 0 Å². The van der Waals surface area contributed by atoms with Crippen LogP contribution in [0.5, 0.6) is 0 Å². The highest BCUT2D eigenvalue weighted by molar-refractivity contribution is 6.00. The van der Waals surface area contributed by atoms with E-state index in [0.29, 0.717) is 22.8 Å². The molecule has 0 aliphatic heterocycles. The van der Waals surface area contributed by atoms with Crippen molar-refractivity contribution in [2.75, 3.05) is 23.0 Å². The van der Waals surface area contributed by atoms with Gasteiger partial charge in [-0.15, -0.1) is 0 Å². The molecular weight excluding hydrogens is 332 g/mol. The van der Waals surface area contributed by atoms with Crippen LogP contribution in [0.3, 0.4) is 0 Å². The van der Waals surface area contributed by atoms with E-state index in [1.54, 1.807) is 38.5 Å². The molecule has 26 heavy (non-hydrogen) atoms. The minimum Gasteiger partial charge on any atom is -0.368 e. The van der Waals surface area contributed by atoms with Gasteiger partial charge in [0.1, 0.15) is 5.76 Å². The van der Waals surface area contributed by atoms with E-state index in [1.807, 2.05) is 18.2 Å². The van der Waals surface area contributed by atoms with Gasteiger partial charge in [-0.05, 0) is 25.1 Å². The molecule has 2 aromatic heterocycles. The summed E-state index contributed by atoms with van der Waals surface area (Å²) in [5, 5.41) is 6.40. The summed E-state index contributed by atoms with van der Waals surface area (Å²) in [5.74, 6) is 7.14. The Morgan fingerprint density at radius 1 is 1.19 bits per heavy atom. The SMILES string of the molecule is Cc1cc(NC(=O)N(C)c2cccc(C#Cc3cnc(N)nc3)c2)no1. The molecule has 2 amide bonds. The number of rotatable bonds is 2. The Morgan fingerprint density at radius 3 is 2.62 bits per heavy atom. The van der Waals surface area contributed by atoms with Crippen LogP contribution in [0.25, 0.3) is 0 Å². The fraction of sp³-hybridized carbons (Fsp3) is 0.111. The van der Waals surface area contributed by atoms with Gasteiger partial charge in [-0.3, -0.25) is 10.2 Å². The average molecular weight is 348 g/mol. The maximum Gasteiger partial charge on any atom is 0.327 e. The summed E-state index contributed by atoms with van der Waals surface area (Å²) in [6.45, 7) is 1.75. The third-order valence-corrected chi connectivity index (χ3v) is 3.42. The number of anilines is 3. The number of hydrogen-bond donors (Lipinski definition) is 2. The van der Waals surface area contributed by atoms with Crippen molar-refractivity contribution in [2.45, 2.75) is 6.92 Å². The number of nitrogen functional groups attached to an aromatic ring is 1. The van der Waals surface area contributed by atoms with Crippen molar-refractivity contribution in [1.82, 2.24) is 15.1 Å². The predicted octanol–water partition coefficient (Wildman–Crippen LogP) is 2.42. The van der Waals surface area contributed by atoms with Crippen LogP contribution in [0.4, 0.5) is 22.2 Å². The molecule has 0 fully saturated rings. The van der Waals surface area contributed by atoms with Gasteiger partial charge in [0, 0.05) is 36.8 Å². The molecule has 1 aromatic carbocycles. The number of benzene rings is 1. The summed E-state index contributed by atoms with van der Waals surface area (Å²) >= 11 is 0. The number of nitrogens with one attached hydrogen (secondary N) is 1. The molecule has 2 heterocycles. The number of nitrogens with zero attached hydrogens (tertiary/aromatic N) is 4. The van der Waals surface area contributed by atoms with Crippen LogP contribution in [0.15, 0.2) is 47.2 Å². The molecule has 3 N–H and O–H groups in total. The maximum atomic E-state index is 12.3. The second-order valence-corrected chi connectivity index (χ2v) is 5.44. The lowest BCUT2D eigenvalue weighted by Gasteiger charge is -2.17. The summed E-state index contributed by atoms with van der Waals surface area (Å²) in [5.41, 5.74) is 7.53. The molecule has 0 saturated heterocycles. The van der Waals surface area contributed by atoms with Crippen molar-refractivity contribution in [3.05, 3.63) is 59.6 Å². The number of hydrogen-bond acceptors (Lipinski definition) is 6. The van der Waals surface area contributed by atoms with Gasteiger partial charge in [-0.25, -0.2) is 14.8 Å². The third kappa shape index (κ3) is 4.15. The van der Waals surface area contributed by atoms with Crippen molar-refractivity contribution in [3.63, 3.8) is 0 Å². The lowest BCUT2D eigenvalue weighted by Crippen LogP contribution is -2.31.